The number of hydrogen-bond acceptors (Lipinski definition) is 5. The van der Waals surface area contributed by atoms with E-state index >= 15 is 0 Å². The molecule has 0 aromatic carbocycles. The van der Waals surface area contributed by atoms with Gasteiger partial charge in [-0.1, -0.05) is 13.8 Å². The van der Waals surface area contributed by atoms with E-state index in [2.05, 4.69) is 41.1 Å². The van der Waals surface area contributed by atoms with Crippen LogP contribution in [0.5, 0.6) is 0 Å². The second-order valence-corrected chi connectivity index (χ2v) is 5.55. The molecule has 0 amide bonds. The van der Waals surface area contributed by atoms with Gasteiger partial charge in [0.2, 0.25) is 5.95 Å². The van der Waals surface area contributed by atoms with Gasteiger partial charge in [-0.15, -0.1) is 0 Å². The molecule has 1 aromatic heterocycles. The van der Waals surface area contributed by atoms with Gasteiger partial charge >= 0.3 is 0 Å². The summed E-state index contributed by atoms with van der Waals surface area (Å²) in [5, 5.41) is 0. The summed E-state index contributed by atoms with van der Waals surface area (Å²) in [4.78, 5) is 11.1. The van der Waals surface area contributed by atoms with Crippen LogP contribution >= 0.6 is 0 Å². The van der Waals surface area contributed by atoms with Gasteiger partial charge in [0.15, 0.2) is 0 Å². The molecule has 3 N–H and O–H groups in total. The first-order valence-electron chi connectivity index (χ1n) is 6.60. The SMILES string of the molecule is Cc1cc(N2CC(C)CC(C)C2C)nc(NN)n1. The molecule has 18 heavy (non-hydrogen) atoms. The van der Waals surface area contributed by atoms with Crippen molar-refractivity contribution in [3.05, 3.63) is 11.8 Å². The van der Waals surface area contributed by atoms with Gasteiger partial charge in [-0.2, -0.15) is 4.98 Å². The first kappa shape index (κ1) is 13.1. The number of hydrogen-bond donors (Lipinski definition) is 2. The molecule has 2 heterocycles. The Kier molecular flexibility index (Phi) is 3.71. The first-order valence-corrected chi connectivity index (χ1v) is 6.60. The van der Waals surface area contributed by atoms with Crippen LogP contribution in [0.4, 0.5) is 11.8 Å². The van der Waals surface area contributed by atoms with Gasteiger partial charge in [0, 0.05) is 24.3 Å². The summed E-state index contributed by atoms with van der Waals surface area (Å²) in [7, 11) is 0. The van der Waals surface area contributed by atoms with E-state index in [-0.39, 0.29) is 0 Å². The Morgan fingerprint density at radius 2 is 2.06 bits per heavy atom. The lowest BCUT2D eigenvalue weighted by atomic mass is 9.86. The van der Waals surface area contributed by atoms with Crippen LogP contribution in [0.15, 0.2) is 6.07 Å². The van der Waals surface area contributed by atoms with Gasteiger partial charge in [-0.05, 0) is 32.1 Å². The maximum atomic E-state index is 5.41. The average Bonchev–Trinajstić information content (AvgIpc) is 2.32. The molecule has 0 saturated carbocycles. The highest BCUT2D eigenvalue weighted by atomic mass is 15.3. The van der Waals surface area contributed by atoms with Crippen molar-refractivity contribution in [2.45, 2.75) is 40.2 Å². The second-order valence-electron chi connectivity index (χ2n) is 5.55. The number of nitrogens with zero attached hydrogens (tertiary/aromatic N) is 3. The quantitative estimate of drug-likeness (QED) is 0.619. The fourth-order valence-corrected chi connectivity index (χ4v) is 2.78. The smallest absolute Gasteiger partial charge is 0.239 e. The summed E-state index contributed by atoms with van der Waals surface area (Å²) >= 11 is 0. The minimum absolute atomic E-state index is 0.489. The van der Waals surface area contributed by atoms with Gasteiger partial charge in [0.25, 0.3) is 0 Å². The Morgan fingerprint density at radius 1 is 1.33 bits per heavy atom. The molecule has 0 radical (unpaired) electrons. The topological polar surface area (TPSA) is 67.1 Å². The highest BCUT2D eigenvalue weighted by Gasteiger charge is 2.29. The van der Waals surface area contributed by atoms with Crippen molar-refractivity contribution in [3.63, 3.8) is 0 Å². The summed E-state index contributed by atoms with van der Waals surface area (Å²) in [6.07, 6.45) is 1.28. The zero-order valence-electron chi connectivity index (χ0n) is 11.6. The molecule has 0 aliphatic carbocycles. The van der Waals surface area contributed by atoms with E-state index in [0.717, 1.165) is 18.1 Å². The lowest BCUT2D eigenvalue weighted by Crippen LogP contribution is -2.46. The highest BCUT2D eigenvalue weighted by Crippen LogP contribution is 2.30. The van der Waals surface area contributed by atoms with Crippen LogP contribution in [-0.2, 0) is 0 Å². The van der Waals surface area contributed by atoms with Crippen LogP contribution in [-0.4, -0.2) is 22.6 Å². The summed E-state index contributed by atoms with van der Waals surface area (Å²) in [6, 6.07) is 2.53. The van der Waals surface area contributed by atoms with E-state index in [1.165, 1.54) is 6.42 Å². The average molecular weight is 249 g/mol. The Labute approximate surface area is 109 Å². The van der Waals surface area contributed by atoms with E-state index in [0.29, 0.717) is 23.8 Å². The van der Waals surface area contributed by atoms with Crippen LogP contribution in [0.3, 0.4) is 0 Å². The minimum Gasteiger partial charge on any atom is -0.353 e. The minimum atomic E-state index is 0.489. The number of aryl methyl sites for hydroxylation is 1. The van der Waals surface area contributed by atoms with E-state index < -0.39 is 0 Å². The third kappa shape index (κ3) is 2.56. The molecule has 1 aliphatic heterocycles. The van der Waals surface area contributed by atoms with Crippen molar-refractivity contribution in [1.82, 2.24) is 9.97 Å². The van der Waals surface area contributed by atoms with Crippen LogP contribution < -0.4 is 16.2 Å². The van der Waals surface area contributed by atoms with E-state index in [1.807, 2.05) is 13.0 Å². The fraction of sp³-hybridized carbons (Fsp3) is 0.692. The highest BCUT2D eigenvalue weighted by molar-refractivity contribution is 5.46. The van der Waals surface area contributed by atoms with Gasteiger partial charge in [0.1, 0.15) is 5.82 Å². The lowest BCUT2D eigenvalue weighted by Gasteiger charge is -2.42. The number of nitrogens with one attached hydrogen (secondary N) is 1. The van der Waals surface area contributed by atoms with Crippen LogP contribution in [0.2, 0.25) is 0 Å². The van der Waals surface area contributed by atoms with Crippen LogP contribution in [0.1, 0.15) is 32.9 Å². The Balaban J connectivity index is 2.31. The predicted molar refractivity (Wildman–Crippen MR) is 74.3 cm³/mol. The molecule has 1 saturated heterocycles. The summed E-state index contributed by atoms with van der Waals surface area (Å²) in [5.74, 6) is 8.25. The molecular weight excluding hydrogens is 226 g/mol. The number of nitrogen functional groups attached to an aromatic ring is 1. The number of rotatable bonds is 2. The largest absolute Gasteiger partial charge is 0.353 e. The monoisotopic (exact) mass is 249 g/mol. The Morgan fingerprint density at radius 3 is 2.72 bits per heavy atom. The molecule has 0 spiro atoms. The molecule has 5 heteroatoms. The van der Waals surface area contributed by atoms with Crippen LogP contribution in [0, 0.1) is 18.8 Å². The van der Waals surface area contributed by atoms with Crippen molar-refractivity contribution >= 4 is 11.8 Å². The number of hydrazine groups is 1. The van der Waals surface area contributed by atoms with Crippen molar-refractivity contribution in [2.75, 3.05) is 16.9 Å². The molecule has 1 aromatic rings. The number of nitrogens with two attached hydrogens (primary N) is 1. The lowest BCUT2D eigenvalue weighted by molar-refractivity contribution is 0.295. The first-order chi connectivity index (χ1) is 8.51. The van der Waals surface area contributed by atoms with E-state index in [9.17, 15) is 0 Å². The molecule has 1 aliphatic rings. The van der Waals surface area contributed by atoms with Gasteiger partial charge in [0.05, 0.1) is 0 Å². The maximum absolute atomic E-state index is 5.41. The van der Waals surface area contributed by atoms with E-state index in [4.69, 9.17) is 5.84 Å². The van der Waals surface area contributed by atoms with Gasteiger partial charge in [-0.3, -0.25) is 5.43 Å². The number of anilines is 2. The maximum Gasteiger partial charge on any atom is 0.239 e. The van der Waals surface area contributed by atoms with Gasteiger partial charge < -0.3 is 4.90 Å². The summed E-state index contributed by atoms with van der Waals surface area (Å²) < 4.78 is 0. The molecule has 1 fully saturated rings. The normalized spacial score (nSPS) is 28.3. The molecule has 0 bridgehead atoms. The molecule has 5 nitrogen and oxygen atoms in total. The standard InChI is InChI=1S/C13H23N5/c1-8-5-9(2)11(4)18(7-8)12-6-10(3)15-13(16-12)17-14/h6,8-9,11H,5,7,14H2,1-4H3,(H,15,16,17). The third-order valence-corrected chi connectivity index (χ3v) is 3.86. The van der Waals surface area contributed by atoms with Crippen molar-refractivity contribution in [1.29, 1.82) is 0 Å². The zero-order chi connectivity index (χ0) is 13.3. The molecule has 3 atom stereocenters. The van der Waals surface area contributed by atoms with Crippen molar-refractivity contribution in [2.24, 2.45) is 17.7 Å². The zero-order valence-corrected chi connectivity index (χ0v) is 11.6. The molecule has 100 valence electrons. The van der Waals surface area contributed by atoms with Crippen molar-refractivity contribution in [3.8, 4) is 0 Å². The fourth-order valence-electron chi connectivity index (χ4n) is 2.78. The second kappa shape index (κ2) is 5.10. The third-order valence-electron chi connectivity index (χ3n) is 3.86. The van der Waals surface area contributed by atoms with Gasteiger partial charge in [-0.25, -0.2) is 10.8 Å². The van der Waals surface area contributed by atoms with E-state index in [1.54, 1.807) is 0 Å². The Bertz CT molecular complexity index is 420. The number of aromatic nitrogens is 2. The summed E-state index contributed by atoms with van der Waals surface area (Å²) in [6.45, 7) is 9.89. The van der Waals surface area contributed by atoms with Crippen LogP contribution in [0.25, 0.3) is 0 Å². The number of piperidine rings is 1. The molecular formula is C13H23N5. The Hall–Kier alpha value is -1.36. The van der Waals surface area contributed by atoms with Crippen molar-refractivity contribution < 1.29 is 0 Å². The molecule has 3 unspecified atom stereocenters. The molecule has 2 rings (SSSR count). The summed E-state index contributed by atoms with van der Waals surface area (Å²) in [5.41, 5.74) is 3.47. The predicted octanol–water partition coefficient (Wildman–Crippen LogP) is 1.94.